The standard InChI is InChI=1S/C8H14NO3/c1-7(2)5-12-6(10)8(3,4)9(7)11/h5H2,1-4H3/q+1. The van der Waals surface area contributed by atoms with Crippen LogP contribution in [0.1, 0.15) is 27.7 Å². The Hall–Kier alpha value is -0.930. The second kappa shape index (κ2) is 2.28. The number of nitroso groups, excluding NO2 is 1. The lowest BCUT2D eigenvalue weighted by molar-refractivity contribution is -0.681. The van der Waals surface area contributed by atoms with E-state index in [1.54, 1.807) is 27.7 Å². The highest BCUT2D eigenvalue weighted by Crippen LogP contribution is 2.26. The Labute approximate surface area is 71.5 Å². The van der Waals surface area contributed by atoms with Gasteiger partial charge in [0.1, 0.15) is 0 Å². The number of ether oxygens (including phenoxy) is 1. The summed E-state index contributed by atoms with van der Waals surface area (Å²) in [5.74, 6) is -0.447. The zero-order valence-electron chi connectivity index (χ0n) is 7.88. The van der Waals surface area contributed by atoms with E-state index in [2.05, 4.69) is 0 Å². The molecule has 1 aliphatic heterocycles. The van der Waals surface area contributed by atoms with Crippen LogP contribution in [0.2, 0.25) is 0 Å². The minimum Gasteiger partial charge on any atom is -0.453 e. The molecule has 1 saturated heterocycles. The molecule has 0 aromatic carbocycles. The van der Waals surface area contributed by atoms with Crippen LogP contribution >= 0.6 is 0 Å². The molecule has 0 atom stereocenters. The van der Waals surface area contributed by atoms with Gasteiger partial charge < -0.3 is 4.74 Å². The van der Waals surface area contributed by atoms with Gasteiger partial charge in [-0.2, -0.15) is 0 Å². The molecular formula is C8H14NO3+. The van der Waals surface area contributed by atoms with E-state index in [4.69, 9.17) is 4.74 Å². The molecule has 0 amide bonds. The lowest BCUT2D eigenvalue weighted by Crippen LogP contribution is -2.59. The highest BCUT2D eigenvalue weighted by Gasteiger charge is 2.57. The van der Waals surface area contributed by atoms with Gasteiger partial charge in [0.15, 0.2) is 6.61 Å². The van der Waals surface area contributed by atoms with Crippen molar-refractivity contribution in [2.75, 3.05) is 6.61 Å². The number of nitrogens with zero attached hydrogens (tertiary/aromatic N) is 1. The van der Waals surface area contributed by atoms with Crippen molar-refractivity contribution in [1.82, 2.24) is 0 Å². The van der Waals surface area contributed by atoms with E-state index in [0.717, 1.165) is 4.76 Å². The van der Waals surface area contributed by atoms with Crippen LogP contribution in [0.25, 0.3) is 0 Å². The van der Waals surface area contributed by atoms with Gasteiger partial charge in [-0.25, -0.2) is 4.79 Å². The molecule has 4 heteroatoms. The molecule has 0 aromatic heterocycles. The molecular weight excluding hydrogens is 158 g/mol. The van der Waals surface area contributed by atoms with E-state index in [0.29, 0.717) is 0 Å². The van der Waals surface area contributed by atoms with Crippen LogP contribution in [0.3, 0.4) is 0 Å². The lowest BCUT2D eigenvalue weighted by Gasteiger charge is -2.29. The van der Waals surface area contributed by atoms with Crippen molar-refractivity contribution in [1.29, 1.82) is 0 Å². The van der Waals surface area contributed by atoms with Crippen molar-refractivity contribution in [2.24, 2.45) is 0 Å². The van der Waals surface area contributed by atoms with Crippen molar-refractivity contribution in [3.63, 3.8) is 0 Å². The summed E-state index contributed by atoms with van der Waals surface area (Å²) in [5, 5.41) is 0. The average Bonchev–Trinajstić information content (AvgIpc) is 1.96. The van der Waals surface area contributed by atoms with Crippen LogP contribution in [0, 0.1) is 4.91 Å². The topological polar surface area (TPSA) is 46.4 Å². The van der Waals surface area contributed by atoms with Gasteiger partial charge in [0.25, 0.3) is 0 Å². The number of hydrogen-bond donors (Lipinski definition) is 0. The zero-order valence-corrected chi connectivity index (χ0v) is 7.88. The summed E-state index contributed by atoms with van der Waals surface area (Å²) in [6.45, 7) is 6.83. The number of carbonyl (C=O) groups is 1. The Kier molecular flexibility index (Phi) is 1.74. The molecule has 0 radical (unpaired) electrons. The van der Waals surface area contributed by atoms with Gasteiger partial charge in [-0.3, -0.25) is 0 Å². The summed E-state index contributed by atoms with van der Waals surface area (Å²) < 4.78 is 5.71. The maximum Gasteiger partial charge on any atom is 0.382 e. The average molecular weight is 172 g/mol. The molecule has 0 unspecified atom stereocenters. The van der Waals surface area contributed by atoms with E-state index in [1.807, 2.05) is 0 Å². The third-order valence-corrected chi connectivity index (χ3v) is 2.11. The third kappa shape index (κ3) is 1.11. The molecule has 0 aromatic rings. The van der Waals surface area contributed by atoms with Gasteiger partial charge in [-0.15, -0.1) is 0 Å². The molecule has 1 rings (SSSR count). The normalized spacial score (nSPS) is 26.7. The maximum absolute atomic E-state index is 11.6. The number of carbonyl (C=O) groups excluding carboxylic acids is 1. The van der Waals surface area contributed by atoms with Crippen molar-refractivity contribution >= 4 is 5.97 Å². The Bertz CT molecular complexity index is 243. The highest BCUT2D eigenvalue weighted by atomic mass is 16.5. The lowest BCUT2D eigenvalue weighted by atomic mass is 9.95. The highest BCUT2D eigenvalue weighted by molar-refractivity contribution is 5.78. The van der Waals surface area contributed by atoms with Gasteiger partial charge in [-0.1, -0.05) is 0 Å². The quantitative estimate of drug-likeness (QED) is 0.402. The summed E-state index contributed by atoms with van der Waals surface area (Å²) >= 11 is 0. The molecule has 1 heterocycles. The minimum atomic E-state index is -1.05. The predicted molar refractivity (Wildman–Crippen MR) is 42.7 cm³/mol. The van der Waals surface area contributed by atoms with E-state index in [1.165, 1.54) is 0 Å². The monoisotopic (exact) mass is 172 g/mol. The first kappa shape index (κ1) is 9.16. The molecule has 12 heavy (non-hydrogen) atoms. The van der Waals surface area contributed by atoms with Gasteiger partial charge in [-0.05, 0) is 0 Å². The Morgan fingerprint density at radius 2 is 1.83 bits per heavy atom. The first-order chi connectivity index (χ1) is 5.28. The Morgan fingerprint density at radius 3 is 2.25 bits per heavy atom. The molecule has 0 bridgehead atoms. The van der Waals surface area contributed by atoms with Crippen molar-refractivity contribution < 1.29 is 14.3 Å². The molecule has 0 spiro atoms. The van der Waals surface area contributed by atoms with Crippen LogP contribution in [0.5, 0.6) is 0 Å². The first-order valence-electron chi connectivity index (χ1n) is 3.93. The van der Waals surface area contributed by atoms with Crippen LogP contribution in [-0.2, 0) is 9.53 Å². The fraction of sp³-hybridized carbons (Fsp3) is 0.875. The summed E-state index contributed by atoms with van der Waals surface area (Å²) in [7, 11) is 0. The Balaban J connectivity index is 3.02. The van der Waals surface area contributed by atoms with Crippen molar-refractivity contribution in [2.45, 2.75) is 38.8 Å². The number of rotatable bonds is 0. The largest absolute Gasteiger partial charge is 0.453 e. The van der Waals surface area contributed by atoms with E-state index >= 15 is 0 Å². The fourth-order valence-corrected chi connectivity index (χ4v) is 1.32. The van der Waals surface area contributed by atoms with E-state index in [9.17, 15) is 9.70 Å². The molecule has 1 aliphatic rings. The molecule has 4 nitrogen and oxygen atoms in total. The second-order valence-electron chi connectivity index (χ2n) is 4.24. The van der Waals surface area contributed by atoms with Crippen LogP contribution < -0.4 is 0 Å². The van der Waals surface area contributed by atoms with Crippen molar-refractivity contribution in [3.05, 3.63) is 4.91 Å². The number of morpholine rings is 1. The third-order valence-electron chi connectivity index (χ3n) is 2.11. The molecule has 0 N–H and O–H groups in total. The van der Waals surface area contributed by atoms with Gasteiger partial charge >= 0.3 is 11.5 Å². The molecule has 0 saturated carbocycles. The van der Waals surface area contributed by atoms with Crippen LogP contribution in [0.15, 0.2) is 0 Å². The molecule has 0 aliphatic carbocycles. The van der Waals surface area contributed by atoms with Crippen LogP contribution in [-0.4, -0.2) is 28.4 Å². The Morgan fingerprint density at radius 1 is 1.33 bits per heavy atom. The summed E-state index contributed by atoms with van der Waals surface area (Å²) in [5.41, 5.74) is -1.67. The minimum absolute atomic E-state index is 0.165. The van der Waals surface area contributed by atoms with Gasteiger partial charge in [0, 0.05) is 37.4 Å². The maximum atomic E-state index is 11.6. The fourth-order valence-electron chi connectivity index (χ4n) is 1.32. The first-order valence-corrected chi connectivity index (χ1v) is 3.93. The summed E-state index contributed by atoms with van der Waals surface area (Å²) in [6.07, 6.45) is 0. The SMILES string of the molecule is CC1(C)COC(=O)C(C)(C)[N+]1=O. The summed E-state index contributed by atoms with van der Waals surface area (Å²) in [4.78, 5) is 22.7. The smallest absolute Gasteiger partial charge is 0.382 e. The predicted octanol–water partition coefficient (Wildman–Crippen LogP) is 0.879. The van der Waals surface area contributed by atoms with E-state index < -0.39 is 17.0 Å². The number of esters is 1. The second-order valence-corrected chi connectivity index (χ2v) is 4.24. The van der Waals surface area contributed by atoms with Crippen molar-refractivity contribution in [3.8, 4) is 0 Å². The number of hydrogen-bond acceptors (Lipinski definition) is 3. The number of cyclic esters (lactones) is 1. The molecule has 68 valence electrons. The van der Waals surface area contributed by atoms with Gasteiger partial charge in [0.2, 0.25) is 5.54 Å². The molecule has 1 fully saturated rings. The zero-order chi connectivity index (χ0) is 9.57. The summed E-state index contributed by atoms with van der Waals surface area (Å²) in [6, 6.07) is 0. The van der Waals surface area contributed by atoms with Gasteiger partial charge in [0.05, 0.1) is 0 Å². The van der Waals surface area contributed by atoms with Crippen LogP contribution in [0.4, 0.5) is 0 Å². The van der Waals surface area contributed by atoms with E-state index in [-0.39, 0.29) is 6.61 Å².